The van der Waals surface area contributed by atoms with Crippen molar-refractivity contribution in [1.29, 1.82) is 0 Å². The Balaban J connectivity index is 2.09. The minimum Gasteiger partial charge on any atom is -0.374 e. The van der Waals surface area contributed by atoms with Crippen LogP contribution in [0.5, 0.6) is 0 Å². The predicted octanol–water partition coefficient (Wildman–Crippen LogP) is 3.23. The summed E-state index contributed by atoms with van der Waals surface area (Å²) in [7, 11) is 2.07. The van der Waals surface area contributed by atoms with Crippen molar-refractivity contribution >= 4 is 11.3 Å². The van der Waals surface area contributed by atoms with Crippen molar-refractivity contribution in [2.75, 3.05) is 13.7 Å². The van der Waals surface area contributed by atoms with Gasteiger partial charge in [-0.1, -0.05) is 12.8 Å². The van der Waals surface area contributed by atoms with Gasteiger partial charge in [0.1, 0.15) is 0 Å². The van der Waals surface area contributed by atoms with Gasteiger partial charge in [0, 0.05) is 12.6 Å². The van der Waals surface area contributed by atoms with Gasteiger partial charge in [0.05, 0.1) is 5.60 Å². The highest BCUT2D eigenvalue weighted by Crippen LogP contribution is 2.37. The summed E-state index contributed by atoms with van der Waals surface area (Å²) in [6.45, 7) is 2.93. The zero-order chi connectivity index (χ0) is 12.1. The number of hydrogen-bond donors (Lipinski definition) is 1. The van der Waals surface area contributed by atoms with Crippen LogP contribution < -0.4 is 5.32 Å². The van der Waals surface area contributed by atoms with E-state index in [1.807, 2.05) is 0 Å². The van der Waals surface area contributed by atoms with E-state index in [2.05, 4.69) is 36.1 Å². The average Bonchev–Trinajstić information content (AvgIpc) is 2.97. The molecule has 0 amide bonds. The van der Waals surface area contributed by atoms with Crippen molar-refractivity contribution in [2.45, 2.75) is 50.7 Å². The molecular formula is C14H23NOS. The summed E-state index contributed by atoms with van der Waals surface area (Å²) in [6, 6.07) is 2.67. The molecule has 2 nitrogen and oxygen atoms in total. The number of ether oxygens (including phenoxy) is 1. The normalized spacial score (nSPS) is 20.6. The molecule has 0 saturated heterocycles. The minimum atomic E-state index is 0.0748. The molecule has 1 aliphatic rings. The van der Waals surface area contributed by atoms with E-state index in [0.717, 1.165) is 13.0 Å². The van der Waals surface area contributed by atoms with Crippen LogP contribution >= 0.6 is 11.3 Å². The summed E-state index contributed by atoms with van der Waals surface area (Å²) >= 11 is 1.78. The van der Waals surface area contributed by atoms with Crippen molar-refractivity contribution in [3.8, 4) is 0 Å². The Bertz CT molecular complexity index is 317. The molecule has 17 heavy (non-hydrogen) atoms. The van der Waals surface area contributed by atoms with Crippen molar-refractivity contribution in [3.63, 3.8) is 0 Å². The van der Waals surface area contributed by atoms with E-state index in [1.165, 1.54) is 31.2 Å². The Labute approximate surface area is 108 Å². The molecule has 1 aromatic heterocycles. The number of hydrogen-bond acceptors (Lipinski definition) is 3. The zero-order valence-electron chi connectivity index (χ0n) is 10.9. The summed E-state index contributed by atoms with van der Waals surface area (Å²) in [5.41, 5.74) is 1.51. The van der Waals surface area contributed by atoms with E-state index >= 15 is 0 Å². The number of likely N-dealkylation sites (N-methyl/N-ethyl adjacent to an activating group) is 1. The fourth-order valence-corrected chi connectivity index (χ4v) is 3.73. The first-order valence-electron chi connectivity index (χ1n) is 6.63. The van der Waals surface area contributed by atoms with E-state index in [-0.39, 0.29) is 5.60 Å². The highest BCUT2D eigenvalue weighted by atomic mass is 32.1. The molecule has 1 fully saturated rings. The summed E-state index contributed by atoms with van der Waals surface area (Å²) in [4.78, 5) is 0. The minimum absolute atomic E-state index is 0.0748. The molecule has 0 aliphatic heterocycles. The zero-order valence-corrected chi connectivity index (χ0v) is 11.7. The van der Waals surface area contributed by atoms with Crippen LogP contribution in [0.1, 0.15) is 38.2 Å². The van der Waals surface area contributed by atoms with Crippen molar-refractivity contribution in [3.05, 3.63) is 22.4 Å². The summed E-state index contributed by atoms with van der Waals surface area (Å²) < 4.78 is 6.13. The first-order valence-corrected chi connectivity index (χ1v) is 7.57. The van der Waals surface area contributed by atoms with Gasteiger partial charge in [-0.25, -0.2) is 0 Å². The summed E-state index contributed by atoms with van der Waals surface area (Å²) in [5.74, 6) is 0. The standard InChI is InChI=1S/C14H23NOS/c1-3-16-14(7-4-5-8-14)13(15-2)10-12-6-9-17-11-12/h6,9,11,13,15H,3-5,7-8,10H2,1-2H3. The number of rotatable bonds is 6. The lowest BCUT2D eigenvalue weighted by molar-refractivity contribution is -0.0596. The Hall–Kier alpha value is -0.380. The summed E-state index contributed by atoms with van der Waals surface area (Å²) in [5, 5.41) is 7.89. The highest BCUT2D eigenvalue weighted by Gasteiger charge is 2.41. The molecule has 1 heterocycles. The third-order valence-electron chi connectivity index (χ3n) is 3.89. The van der Waals surface area contributed by atoms with Crippen LogP contribution in [0.4, 0.5) is 0 Å². The molecule has 96 valence electrons. The van der Waals surface area contributed by atoms with Crippen molar-refractivity contribution in [1.82, 2.24) is 5.32 Å². The molecule has 1 unspecified atom stereocenters. The lowest BCUT2D eigenvalue weighted by Crippen LogP contribution is -2.51. The first kappa shape index (κ1) is 13.1. The van der Waals surface area contributed by atoms with Crippen LogP contribution in [-0.2, 0) is 11.2 Å². The van der Waals surface area contributed by atoms with Crippen LogP contribution in [0.15, 0.2) is 16.8 Å². The maximum Gasteiger partial charge on any atom is 0.0837 e. The molecule has 1 saturated carbocycles. The van der Waals surface area contributed by atoms with Crippen LogP contribution in [0, 0.1) is 0 Å². The largest absolute Gasteiger partial charge is 0.374 e. The van der Waals surface area contributed by atoms with Gasteiger partial charge in [-0.3, -0.25) is 0 Å². The Kier molecular flexibility index (Phi) is 4.60. The molecule has 0 aromatic carbocycles. The SMILES string of the molecule is CCOC1(C(Cc2ccsc2)NC)CCCC1. The van der Waals surface area contributed by atoms with Crippen molar-refractivity contribution in [2.24, 2.45) is 0 Å². The molecule has 0 radical (unpaired) electrons. The van der Waals surface area contributed by atoms with Gasteiger partial charge in [-0.15, -0.1) is 0 Å². The van der Waals surface area contributed by atoms with E-state index in [9.17, 15) is 0 Å². The van der Waals surface area contributed by atoms with Gasteiger partial charge in [-0.2, -0.15) is 11.3 Å². The van der Waals surface area contributed by atoms with Gasteiger partial charge in [0.2, 0.25) is 0 Å². The molecule has 3 heteroatoms. The monoisotopic (exact) mass is 253 g/mol. The van der Waals surface area contributed by atoms with Gasteiger partial charge >= 0.3 is 0 Å². The molecule has 1 N–H and O–H groups in total. The van der Waals surface area contributed by atoms with Gasteiger partial charge in [0.15, 0.2) is 0 Å². The van der Waals surface area contributed by atoms with Gasteiger partial charge < -0.3 is 10.1 Å². The second kappa shape index (κ2) is 5.98. The maximum atomic E-state index is 6.13. The Morgan fingerprint density at radius 2 is 2.24 bits per heavy atom. The lowest BCUT2D eigenvalue weighted by Gasteiger charge is -2.37. The third kappa shape index (κ3) is 2.90. The second-order valence-corrected chi connectivity index (χ2v) is 5.66. The first-order chi connectivity index (χ1) is 8.30. The van der Waals surface area contributed by atoms with Crippen LogP contribution in [-0.4, -0.2) is 25.3 Å². The molecule has 1 aliphatic carbocycles. The molecule has 1 aromatic rings. The smallest absolute Gasteiger partial charge is 0.0837 e. The molecule has 0 bridgehead atoms. The van der Waals surface area contributed by atoms with Crippen LogP contribution in [0.25, 0.3) is 0 Å². The number of nitrogens with one attached hydrogen (secondary N) is 1. The van der Waals surface area contributed by atoms with Crippen LogP contribution in [0.2, 0.25) is 0 Å². The summed E-state index contributed by atoms with van der Waals surface area (Å²) in [6.07, 6.45) is 6.11. The van der Waals surface area contributed by atoms with Gasteiger partial charge in [-0.05, 0) is 55.6 Å². The highest BCUT2D eigenvalue weighted by molar-refractivity contribution is 7.07. The van der Waals surface area contributed by atoms with Gasteiger partial charge in [0.25, 0.3) is 0 Å². The van der Waals surface area contributed by atoms with Crippen molar-refractivity contribution < 1.29 is 4.74 Å². The van der Waals surface area contributed by atoms with Crippen LogP contribution in [0.3, 0.4) is 0 Å². The number of thiophene rings is 1. The molecule has 2 rings (SSSR count). The topological polar surface area (TPSA) is 21.3 Å². The second-order valence-electron chi connectivity index (χ2n) is 4.88. The molecular weight excluding hydrogens is 230 g/mol. The Morgan fingerprint density at radius 1 is 1.47 bits per heavy atom. The predicted molar refractivity (Wildman–Crippen MR) is 73.7 cm³/mol. The quantitative estimate of drug-likeness (QED) is 0.840. The fraction of sp³-hybridized carbons (Fsp3) is 0.714. The Morgan fingerprint density at radius 3 is 2.76 bits per heavy atom. The molecule has 1 atom stereocenters. The van der Waals surface area contributed by atoms with E-state index in [0.29, 0.717) is 6.04 Å². The average molecular weight is 253 g/mol. The van der Waals surface area contributed by atoms with E-state index in [4.69, 9.17) is 4.74 Å². The van der Waals surface area contributed by atoms with E-state index in [1.54, 1.807) is 11.3 Å². The fourth-order valence-electron chi connectivity index (χ4n) is 3.05. The molecule has 0 spiro atoms. The van der Waals surface area contributed by atoms with E-state index < -0.39 is 0 Å². The third-order valence-corrected chi connectivity index (χ3v) is 4.62. The lowest BCUT2D eigenvalue weighted by atomic mass is 9.88. The maximum absolute atomic E-state index is 6.13.